The average Bonchev–Trinajstić information content (AvgIpc) is 2.89. The molecule has 0 bridgehead atoms. The maximum atomic E-state index is 13.2. The van der Waals surface area contributed by atoms with E-state index >= 15 is 0 Å². The van der Waals surface area contributed by atoms with Gasteiger partial charge in [0.25, 0.3) is 15.9 Å². The first-order chi connectivity index (χ1) is 17.4. The van der Waals surface area contributed by atoms with Crippen LogP contribution in [0.1, 0.15) is 35.2 Å². The molecule has 0 radical (unpaired) electrons. The lowest BCUT2D eigenvalue weighted by atomic mass is 10.1. The first-order valence-corrected chi connectivity index (χ1v) is 14.0. The van der Waals surface area contributed by atoms with E-state index in [0.29, 0.717) is 36.0 Å². The molecular weight excluding hydrogens is 476 g/mol. The molecule has 2 fully saturated rings. The highest BCUT2D eigenvalue weighted by Crippen LogP contribution is 2.25. The van der Waals surface area contributed by atoms with E-state index in [9.17, 15) is 13.2 Å². The fourth-order valence-corrected chi connectivity index (χ4v) is 6.24. The van der Waals surface area contributed by atoms with E-state index in [1.807, 2.05) is 24.0 Å². The SMILES string of the molecule is Cc1cc(NS(=O)(=O)c2cccc3cccnc23)ccc1C(=O)N1CCN(CC2CCCCO2)CC1. The summed E-state index contributed by atoms with van der Waals surface area (Å²) in [5.74, 6) is -0.0197. The Morgan fingerprint density at radius 3 is 2.64 bits per heavy atom. The molecule has 0 saturated carbocycles. The number of pyridine rings is 1. The summed E-state index contributed by atoms with van der Waals surface area (Å²) in [5, 5.41) is 0.754. The fraction of sp³-hybridized carbons (Fsp3) is 0.407. The Bertz CT molecular complexity index is 1340. The average molecular weight is 509 g/mol. The Balaban J connectivity index is 1.24. The highest BCUT2D eigenvalue weighted by atomic mass is 32.2. The second-order valence-electron chi connectivity index (χ2n) is 9.55. The summed E-state index contributed by atoms with van der Waals surface area (Å²) in [7, 11) is -3.85. The predicted molar refractivity (Wildman–Crippen MR) is 140 cm³/mol. The number of para-hydroxylation sites is 1. The molecule has 1 atom stereocenters. The molecular formula is C27H32N4O4S. The molecule has 8 nitrogen and oxygen atoms in total. The van der Waals surface area contributed by atoms with Gasteiger partial charge in [0.2, 0.25) is 0 Å². The van der Waals surface area contributed by atoms with Gasteiger partial charge in [-0.2, -0.15) is 0 Å². The van der Waals surface area contributed by atoms with Crippen LogP contribution in [-0.2, 0) is 14.8 Å². The molecule has 3 aromatic rings. The topological polar surface area (TPSA) is 91.8 Å². The van der Waals surface area contributed by atoms with Crippen LogP contribution in [0.3, 0.4) is 0 Å². The normalized spacial score (nSPS) is 19.4. The molecule has 1 unspecified atom stereocenters. The highest BCUT2D eigenvalue weighted by Gasteiger charge is 2.26. The molecule has 2 saturated heterocycles. The number of sulfonamides is 1. The molecule has 5 rings (SSSR count). The molecule has 1 amide bonds. The van der Waals surface area contributed by atoms with Crippen LogP contribution in [0.4, 0.5) is 5.69 Å². The van der Waals surface area contributed by atoms with Crippen LogP contribution in [0.2, 0.25) is 0 Å². The third kappa shape index (κ3) is 5.38. The zero-order chi connectivity index (χ0) is 25.1. The van der Waals surface area contributed by atoms with Crippen LogP contribution in [-0.4, -0.2) is 74.5 Å². The van der Waals surface area contributed by atoms with E-state index in [0.717, 1.165) is 50.0 Å². The molecule has 2 aliphatic rings. The molecule has 1 aromatic heterocycles. The largest absolute Gasteiger partial charge is 0.377 e. The van der Waals surface area contributed by atoms with E-state index in [1.54, 1.807) is 42.6 Å². The lowest BCUT2D eigenvalue weighted by Crippen LogP contribution is -2.51. The van der Waals surface area contributed by atoms with E-state index in [1.165, 1.54) is 6.42 Å². The third-order valence-electron chi connectivity index (χ3n) is 6.99. The van der Waals surface area contributed by atoms with Crippen LogP contribution in [0, 0.1) is 6.92 Å². The summed E-state index contributed by atoms with van der Waals surface area (Å²) < 4.78 is 34.8. The van der Waals surface area contributed by atoms with Crippen molar-refractivity contribution < 1.29 is 17.9 Å². The number of aromatic nitrogens is 1. The van der Waals surface area contributed by atoms with Crippen molar-refractivity contribution in [1.29, 1.82) is 0 Å². The van der Waals surface area contributed by atoms with Crippen LogP contribution in [0.5, 0.6) is 0 Å². The zero-order valence-corrected chi connectivity index (χ0v) is 21.3. The van der Waals surface area contributed by atoms with Gasteiger partial charge in [-0.05, 0) is 62.1 Å². The van der Waals surface area contributed by atoms with Gasteiger partial charge in [-0.15, -0.1) is 0 Å². The molecule has 2 aromatic carbocycles. The number of anilines is 1. The molecule has 3 heterocycles. The number of piperazine rings is 1. The maximum Gasteiger partial charge on any atom is 0.264 e. The van der Waals surface area contributed by atoms with Crippen molar-refractivity contribution in [1.82, 2.24) is 14.8 Å². The second kappa shape index (κ2) is 10.5. The van der Waals surface area contributed by atoms with Crippen molar-refractivity contribution in [2.24, 2.45) is 0 Å². The Hall–Kier alpha value is -3.01. The molecule has 2 aliphatic heterocycles. The van der Waals surface area contributed by atoms with Crippen molar-refractivity contribution in [3.63, 3.8) is 0 Å². The summed E-state index contributed by atoms with van der Waals surface area (Å²) in [6.45, 7) is 6.64. The maximum absolute atomic E-state index is 13.2. The summed E-state index contributed by atoms with van der Waals surface area (Å²) in [6.07, 6.45) is 5.39. The molecule has 190 valence electrons. The molecule has 0 aliphatic carbocycles. The first kappa shape index (κ1) is 24.7. The smallest absolute Gasteiger partial charge is 0.264 e. The van der Waals surface area contributed by atoms with Gasteiger partial charge in [0, 0.05) is 62.2 Å². The molecule has 0 spiro atoms. The van der Waals surface area contributed by atoms with Gasteiger partial charge in [-0.25, -0.2) is 8.42 Å². The van der Waals surface area contributed by atoms with Crippen molar-refractivity contribution in [3.8, 4) is 0 Å². The number of benzene rings is 2. The number of fused-ring (bicyclic) bond motifs is 1. The zero-order valence-electron chi connectivity index (χ0n) is 20.5. The van der Waals surface area contributed by atoms with Crippen molar-refractivity contribution in [2.75, 3.05) is 44.1 Å². The van der Waals surface area contributed by atoms with Crippen LogP contribution < -0.4 is 4.72 Å². The van der Waals surface area contributed by atoms with Gasteiger partial charge in [-0.1, -0.05) is 18.2 Å². The van der Waals surface area contributed by atoms with Gasteiger partial charge < -0.3 is 9.64 Å². The first-order valence-electron chi connectivity index (χ1n) is 12.5. The third-order valence-corrected chi connectivity index (χ3v) is 8.40. The number of aryl methyl sites for hydroxylation is 1. The van der Waals surface area contributed by atoms with E-state index in [4.69, 9.17) is 4.74 Å². The Kier molecular flexibility index (Phi) is 7.22. The Morgan fingerprint density at radius 2 is 1.89 bits per heavy atom. The monoisotopic (exact) mass is 508 g/mol. The van der Waals surface area contributed by atoms with Crippen molar-refractivity contribution >= 4 is 32.5 Å². The van der Waals surface area contributed by atoms with Gasteiger partial charge in [0.1, 0.15) is 4.90 Å². The van der Waals surface area contributed by atoms with Gasteiger partial charge in [0.15, 0.2) is 0 Å². The van der Waals surface area contributed by atoms with Gasteiger partial charge in [-0.3, -0.25) is 19.4 Å². The number of hydrogen-bond acceptors (Lipinski definition) is 6. The summed E-state index contributed by atoms with van der Waals surface area (Å²) in [5.41, 5.74) is 2.16. The van der Waals surface area contributed by atoms with Crippen LogP contribution in [0.15, 0.2) is 59.6 Å². The minimum Gasteiger partial charge on any atom is -0.377 e. The number of amides is 1. The van der Waals surface area contributed by atoms with Crippen molar-refractivity contribution in [3.05, 3.63) is 65.9 Å². The number of carbonyl (C=O) groups excluding carboxylic acids is 1. The molecule has 9 heteroatoms. The minimum absolute atomic E-state index is 0.0197. The Labute approximate surface area is 212 Å². The number of hydrogen-bond donors (Lipinski definition) is 1. The number of ether oxygens (including phenoxy) is 1. The number of nitrogens with one attached hydrogen (secondary N) is 1. The fourth-order valence-electron chi connectivity index (χ4n) is 5.01. The second-order valence-corrected chi connectivity index (χ2v) is 11.2. The van der Waals surface area contributed by atoms with Crippen molar-refractivity contribution in [2.45, 2.75) is 37.2 Å². The van der Waals surface area contributed by atoms with Gasteiger partial charge in [0.05, 0.1) is 11.6 Å². The van der Waals surface area contributed by atoms with E-state index < -0.39 is 10.0 Å². The summed E-state index contributed by atoms with van der Waals surface area (Å²) >= 11 is 0. The number of rotatable bonds is 6. The quantitative estimate of drug-likeness (QED) is 0.546. The predicted octanol–water partition coefficient (Wildman–Crippen LogP) is 3.67. The lowest BCUT2D eigenvalue weighted by molar-refractivity contribution is -0.0130. The lowest BCUT2D eigenvalue weighted by Gasteiger charge is -2.37. The number of carbonyl (C=O) groups is 1. The van der Waals surface area contributed by atoms with E-state index in [2.05, 4.69) is 14.6 Å². The minimum atomic E-state index is -3.85. The van der Waals surface area contributed by atoms with Crippen LogP contribution >= 0.6 is 0 Å². The Morgan fingerprint density at radius 1 is 1.08 bits per heavy atom. The van der Waals surface area contributed by atoms with E-state index in [-0.39, 0.29) is 10.8 Å². The molecule has 1 N–H and O–H groups in total. The summed E-state index contributed by atoms with van der Waals surface area (Å²) in [4.78, 5) is 21.9. The summed E-state index contributed by atoms with van der Waals surface area (Å²) in [6, 6.07) is 13.7. The standard InChI is InChI=1S/C27H32N4O4S/c1-20-18-22(29-36(33,34)25-9-4-6-21-7-5-12-28-26(21)25)10-11-24(20)27(32)31-15-13-30(14-16-31)19-23-8-2-3-17-35-23/h4-7,9-12,18,23,29H,2-3,8,13-17,19H2,1H3. The van der Waals surface area contributed by atoms with Gasteiger partial charge >= 0.3 is 0 Å². The highest BCUT2D eigenvalue weighted by molar-refractivity contribution is 7.93. The van der Waals surface area contributed by atoms with Crippen LogP contribution in [0.25, 0.3) is 10.9 Å². The molecule has 36 heavy (non-hydrogen) atoms. The number of nitrogens with zero attached hydrogens (tertiary/aromatic N) is 3.